The lowest BCUT2D eigenvalue weighted by atomic mass is 9.83. The average molecular weight is 686 g/mol. The molecule has 0 saturated carbocycles. The van der Waals surface area contributed by atoms with Gasteiger partial charge in [-0.25, -0.2) is 17.6 Å². The normalized spacial score (nSPS) is 13.9. The number of alkyl halides is 3. The van der Waals surface area contributed by atoms with E-state index in [-0.39, 0.29) is 29.2 Å². The lowest BCUT2D eigenvalue weighted by molar-refractivity contribution is 0.0898. The highest BCUT2D eigenvalue weighted by atomic mass is 35.5. The van der Waals surface area contributed by atoms with Gasteiger partial charge in [0.1, 0.15) is 5.82 Å². The van der Waals surface area contributed by atoms with Crippen LogP contribution in [0.3, 0.4) is 0 Å². The molecule has 0 unspecified atom stereocenters. The van der Waals surface area contributed by atoms with Gasteiger partial charge in [-0.15, -0.1) is 4.91 Å². The SMILES string of the molecule is O=NC(=O)c1ccc(-c2cccc(-c3c(-c4ccccc4C4(F)CNC4)c4cc(F)ccc4n3Sc3ccc(C(F)F)cc3)c2)c(Cl)c1. The molecule has 1 fully saturated rings. The molecule has 0 spiro atoms. The van der Waals surface area contributed by atoms with E-state index >= 15 is 8.78 Å². The number of hydrogen-bond donors (Lipinski definition) is 1. The van der Waals surface area contributed by atoms with E-state index in [0.29, 0.717) is 54.9 Å². The van der Waals surface area contributed by atoms with Crippen molar-refractivity contribution in [1.29, 1.82) is 0 Å². The van der Waals surface area contributed by atoms with Crippen LogP contribution in [0.2, 0.25) is 5.02 Å². The van der Waals surface area contributed by atoms with E-state index < -0.39 is 23.8 Å². The Bertz CT molecular complexity index is 2220. The van der Waals surface area contributed by atoms with E-state index in [9.17, 15) is 18.5 Å². The quantitative estimate of drug-likeness (QED) is 0.128. The molecule has 1 N–H and O–H groups in total. The number of nitroso groups, excluding NO2 is 1. The Morgan fingerprint density at radius 3 is 2.31 bits per heavy atom. The van der Waals surface area contributed by atoms with Crippen molar-refractivity contribution >= 4 is 40.4 Å². The Hall–Kier alpha value is -4.77. The van der Waals surface area contributed by atoms with Crippen LogP contribution >= 0.6 is 23.5 Å². The van der Waals surface area contributed by atoms with E-state index in [1.165, 1.54) is 48.3 Å². The third-order valence-corrected chi connectivity index (χ3v) is 9.81. The molecular weight excluding hydrogens is 662 g/mol. The zero-order valence-corrected chi connectivity index (χ0v) is 26.5. The summed E-state index contributed by atoms with van der Waals surface area (Å²) in [5, 5.41) is 6.24. The molecule has 1 saturated heterocycles. The second kappa shape index (κ2) is 12.7. The van der Waals surface area contributed by atoms with Gasteiger partial charge in [-0.3, -0.25) is 8.77 Å². The molecule has 1 amide bonds. The second-order valence-electron chi connectivity index (χ2n) is 11.4. The second-order valence-corrected chi connectivity index (χ2v) is 12.9. The molecule has 6 aromatic rings. The number of carbonyl (C=O) groups excluding carboxylic acids is 1. The first-order chi connectivity index (χ1) is 23.2. The van der Waals surface area contributed by atoms with Crippen LogP contribution < -0.4 is 5.32 Å². The van der Waals surface area contributed by atoms with Crippen LogP contribution in [0.4, 0.5) is 17.6 Å². The van der Waals surface area contributed by atoms with E-state index in [1.807, 2.05) is 40.4 Å². The molecule has 48 heavy (non-hydrogen) atoms. The molecule has 0 aliphatic carbocycles. The molecule has 0 radical (unpaired) electrons. The van der Waals surface area contributed by atoms with Gasteiger partial charge in [0.25, 0.3) is 6.43 Å². The maximum absolute atomic E-state index is 16.2. The van der Waals surface area contributed by atoms with Gasteiger partial charge in [0.05, 0.1) is 11.2 Å². The van der Waals surface area contributed by atoms with Crippen molar-refractivity contribution in [2.45, 2.75) is 17.0 Å². The third-order valence-electron chi connectivity index (χ3n) is 8.45. The number of nitrogens with one attached hydrogen (secondary N) is 1. The molecule has 2 heterocycles. The van der Waals surface area contributed by atoms with Crippen LogP contribution in [-0.2, 0) is 5.67 Å². The van der Waals surface area contributed by atoms with E-state index in [4.69, 9.17) is 11.6 Å². The highest BCUT2D eigenvalue weighted by Gasteiger charge is 2.41. The highest BCUT2D eigenvalue weighted by Crippen LogP contribution is 2.49. The molecule has 5 nitrogen and oxygen atoms in total. The number of halogens is 5. The molecule has 240 valence electrons. The lowest BCUT2D eigenvalue weighted by Gasteiger charge is -2.36. The fourth-order valence-electron chi connectivity index (χ4n) is 6.04. The van der Waals surface area contributed by atoms with Crippen molar-refractivity contribution < 1.29 is 22.4 Å². The maximum atomic E-state index is 16.2. The highest BCUT2D eigenvalue weighted by molar-refractivity contribution is 7.98. The predicted octanol–water partition coefficient (Wildman–Crippen LogP) is 10.6. The van der Waals surface area contributed by atoms with Gasteiger partial charge in [-0.2, -0.15) is 0 Å². The minimum Gasteiger partial charge on any atom is -0.310 e. The first-order valence-corrected chi connectivity index (χ1v) is 16.0. The minimum absolute atomic E-state index is 0.0517. The largest absolute Gasteiger partial charge is 0.316 e. The average Bonchev–Trinajstić information content (AvgIpc) is 3.39. The Kier molecular flexibility index (Phi) is 8.41. The van der Waals surface area contributed by atoms with Gasteiger partial charge in [0, 0.05) is 61.4 Å². The standard InChI is InChI=1S/C37H24ClF4N3O2S/c38-31-17-24(36(46)44-47)10-14-27(31)22-4-3-5-23(16-22)34-33(28-6-1-2-7-30(28)37(42)19-43-20-37)29-18-25(39)11-15-32(29)45(34)48-26-12-8-21(9-13-26)35(40)41/h1-18,35,43H,19-20H2. The Morgan fingerprint density at radius 2 is 1.62 bits per heavy atom. The maximum Gasteiger partial charge on any atom is 0.316 e. The number of nitrogens with zero attached hydrogens (tertiary/aromatic N) is 2. The molecule has 11 heteroatoms. The van der Waals surface area contributed by atoms with E-state index in [2.05, 4.69) is 10.5 Å². The molecule has 1 aromatic heterocycles. The summed E-state index contributed by atoms with van der Waals surface area (Å²) in [4.78, 5) is 23.3. The Labute approximate surface area is 281 Å². The van der Waals surface area contributed by atoms with Crippen molar-refractivity contribution in [2.24, 2.45) is 5.18 Å². The van der Waals surface area contributed by atoms with Crippen LogP contribution in [0.25, 0.3) is 44.4 Å². The monoisotopic (exact) mass is 685 g/mol. The van der Waals surface area contributed by atoms with Gasteiger partial charge >= 0.3 is 5.91 Å². The molecule has 7 rings (SSSR count). The summed E-state index contributed by atoms with van der Waals surface area (Å²) in [6, 6.07) is 29.3. The number of carbonyl (C=O) groups is 1. The van der Waals surface area contributed by atoms with Crippen molar-refractivity contribution in [3.05, 3.63) is 142 Å². The topological polar surface area (TPSA) is 63.5 Å². The molecule has 0 bridgehead atoms. The minimum atomic E-state index is -2.62. The van der Waals surface area contributed by atoms with Crippen LogP contribution in [-0.4, -0.2) is 23.0 Å². The van der Waals surface area contributed by atoms with Gasteiger partial charge in [-0.05, 0) is 77.2 Å². The van der Waals surface area contributed by atoms with Gasteiger partial charge < -0.3 is 5.32 Å². The molecule has 5 aromatic carbocycles. The van der Waals surface area contributed by atoms with Crippen molar-refractivity contribution in [1.82, 2.24) is 9.29 Å². The molecule has 0 atom stereocenters. The van der Waals surface area contributed by atoms with Crippen molar-refractivity contribution in [3.63, 3.8) is 0 Å². The summed E-state index contributed by atoms with van der Waals surface area (Å²) in [5.41, 5.74) is 3.13. The summed E-state index contributed by atoms with van der Waals surface area (Å²) >= 11 is 7.86. The first kappa shape index (κ1) is 31.8. The molecular formula is C37H24ClF4N3O2S. The van der Waals surface area contributed by atoms with Gasteiger partial charge in [0.2, 0.25) is 0 Å². The fourth-order valence-corrected chi connectivity index (χ4v) is 7.34. The van der Waals surface area contributed by atoms with E-state index in [0.717, 1.165) is 0 Å². The van der Waals surface area contributed by atoms with Crippen LogP contribution in [0.15, 0.2) is 119 Å². The summed E-state index contributed by atoms with van der Waals surface area (Å²) in [5.74, 6) is -1.42. The first-order valence-electron chi connectivity index (χ1n) is 14.8. The van der Waals surface area contributed by atoms with Crippen LogP contribution in [0, 0.1) is 10.7 Å². The number of fused-ring (bicyclic) bond motifs is 1. The zero-order chi connectivity index (χ0) is 33.6. The van der Waals surface area contributed by atoms with Crippen LogP contribution in [0.5, 0.6) is 0 Å². The van der Waals surface area contributed by atoms with E-state index in [1.54, 1.807) is 36.4 Å². The van der Waals surface area contributed by atoms with Crippen molar-refractivity contribution in [2.75, 3.05) is 13.1 Å². The summed E-state index contributed by atoms with van der Waals surface area (Å²) < 4.78 is 59.9. The number of hydrogen-bond acceptors (Lipinski definition) is 4. The van der Waals surface area contributed by atoms with Crippen molar-refractivity contribution in [3.8, 4) is 33.5 Å². The number of rotatable bonds is 8. The summed E-state index contributed by atoms with van der Waals surface area (Å²) in [6.45, 7) is 0.257. The molecule has 1 aliphatic rings. The summed E-state index contributed by atoms with van der Waals surface area (Å²) in [6.07, 6.45) is -2.62. The number of aromatic nitrogens is 1. The smallest absolute Gasteiger partial charge is 0.310 e. The summed E-state index contributed by atoms with van der Waals surface area (Å²) in [7, 11) is 0. The van der Waals surface area contributed by atoms with Gasteiger partial charge in [0.15, 0.2) is 5.67 Å². The Balaban J connectivity index is 1.49. The zero-order valence-electron chi connectivity index (χ0n) is 24.9. The number of amides is 1. The van der Waals surface area contributed by atoms with Crippen LogP contribution in [0.1, 0.15) is 27.9 Å². The fraction of sp³-hybridized carbons (Fsp3) is 0.108. The van der Waals surface area contributed by atoms with Gasteiger partial charge in [-0.1, -0.05) is 72.3 Å². The lowest BCUT2D eigenvalue weighted by Crippen LogP contribution is -2.53. The Morgan fingerprint density at radius 1 is 0.875 bits per heavy atom. The third kappa shape index (κ3) is 5.70. The number of benzene rings is 5. The molecule has 1 aliphatic heterocycles. The predicted molar refractivity (Wildman–Crippen MR) is 182 cm³/mol.